The average Bonchev–Trinajstić information content (AvgIpc) is 2.49. The van der Waals surface area contributed by atoms with Gasteiger partial charge in [0.2, 0.25) is 11.6 Å². The fourth-order valence-corrected chi connectivity index (χ4v) is 2.06. The maximum absolute atomic E-state index is 11.4. The molecule has 0 aliphatic rings. The Hall–Kier alpha value is -2.29. The molecule has 0 aromatic carbocycles. The van der Waals surface area contributed by atoms with E-state index in [0.717, 1.165) is 10.9 Å². The van der Waals surface area contributed by atoms with E-state index >= 15 is 0 Å². The van der Waals surface area contributed by atoms with Crippen LogP contribution in [0.15, 0.2) is 29.1 Å². The van der Waals surface area contributed by atoms with Crippen LogP contribution >= 0.6 is 15.9 Å². The molecule has 0 saturated carbocycles. The highest BCUT2D eigenvalue weighted by atomic mass is 79.9. The summed E-state index contributed by atoms with van der Waals surface area (Å²) in [7, 11) is 0. The van der Waals surface area contributed by atoms with E-state index < -0.39 is 4.92 Å². The zero-order chi connectivity index (χ0) is 16.8. The molecule has 9 heteroatoms. The molecule has 0 unspecified atom stereocenters. The van der Waals surface area contributed by atoms with Gasteiger partial charge in [0.05, 0.1) is 4.92 Å². The zero-order valence-corrected chi connectivity index (χ0v) is 14.4. The molecule has 23 heavy (non-hydrogen) atoms. The van der Waals surface area contributed by atoms with Gasteiger partial charge in [-0.1, -0.05) is 13.8 Å². The van der Waals surface area contributed by atoms with E-state index in [-0.39, 0.29) is 17.3 Å². The first-order valence-corrected chi connectivity index (χ1v) is 7.88. The van der Waals surface area contributed by atoms with Gasteiger partial charge in [0, 0.05) is 17.2 Å². The van der Waals surface area contributed by atoms with Crippen molar-refractivity contribution in [3.63, 3.8) is 0 Å². The van der Waals surface area contributed by atoms with Crippen LogP contribution in [-0.2, 0) is 0 Å². The Balaban J connectivity index is 2.24. The zero-order valence-electron chi connectivity index (χ0n) is 12.8. The summed E-state index contributed by atoms with van der Waals surface area (Å²) >= 11 is 3.29. The number of hydrogen-bond acceptors (Lipinski definition) is 7. The van der Waals surface area contributed by atoms with E-state index in [9.17, 15) is 10.1 Å². The van der Waals surface area contributed by atoms with Crippen molar-refractivity contribution in [2.45, 2.75) is 20.3 Å². The second-order valence-corrected chi connectivity index (χ2v) is 6.19. The molecule has 2 heterocycles. The van der Waals surface area contributed by atoms with Gasteiger partial charge in [0.25, 0.3) is 0 Å². The third-order valence-corrected chi connectivity index (χ3v) is 3.46. The largest absolute Gasteiger partial charge is 0.364 e. The van der Waals surface area contributed by atoms with E-state index in [1.54, 1.807) is 18.3 Å². The lowest BCUT2D eigenvalue weighted by molar-refractivity contribution is -0.383. The molecule has 2 rings (SSSR count). The number of rotatable bonds is 7. The van der Waals surface area contributed by atoms with Crippen molar-refractivity contribution < 1.29 is 4.92 Å². The quantitative estimate of drug-likeness (QED) is 0.556. The highest BCUT2D eigenvalue weighted by Crippen LogP contribution is 2.30. The van der Waals surface area contributed by atoms with Crippen molar-refractivity contribution in [3.8, 4) is 0 Å². The predicted molar refractivity (Wildman–Crippen MR) is 91.9 cm³/mol. The SMILES string of the molecule is CC(C)CCNc1ncnc(Nc2ccc(Br)cn2)c1[N+](=O)[O-]. The molecule has 2 aromatic heterocycles. The lowest BCUT2D eigenvalue weighted by Gasteiger charge is -2.10. The normalized spacial score (nSPS) is 10.6. The van der Waals surface area contributed by atoms with Crippen LogP contribution in [0.3, 0.4) is 0 Å². The van der Waals surface area contributed by atoms with Crippen molar-refractivity contribution >= 4 is 39.1 Å². The predicted octanol–water partition coefficient (Wildman–Crippen LogP) is 3.74. The molecule has 0 spiro atoms. The number of nitro groups is 1. The number of nitrogens with zero attached hydrogens (tertiary/aromatic N) is 4. The summed E-state index contributed by atoms with van der Waals surface area (Å²) in [4.78, 5) is 23.0. The summed E-state index contributed by atoms with van der Waals surface area (Å²) in [5, 5.41) is 17.3. The highest BCUT2D eigenvalue weighted by molar-refractivity contribution is 9.10. The van der Waals surface area contributed by atoms with Crippen LogP contribution in [0, 0.1) is 16.0 Å². The van der Waals surface area contributed by atoms with Crippen molar-refractivity contribution in [1.29, 1.82) is 0 Å². The lowest BCUT2D eigenvalue weighted by atomic mass is 10.1. The van der Waals surface area contributed by atoms with E-state index in [1.807, 2.05) is 0 Å². The maximum Gasteiger partial charge on any atom is 0.353 e. The second kappa shape index (κ2) is 7.82. The minimum Gasteiger partial charge on any atom is -0.364 e. The van der Waals surface area contributed by atoms with E-state index in [0.29, 0.717) is 18.3 Å². The number of pyridine rings is 1. The first-order valence-electron chi connectivity index (χ1n) is 7.09. The number of nitrogens with one attached hydrogen (secondary N) is 2. The summed E-state index contributed by atoms with van der Waals surface area (Å²) in [5.41, 5.74) is -0.194. The Morgan fingerprint density at radius 3 is 2.61 bits per heavy atom. The Labute approximate surface area is 142 Å². The molecule has 0 bridgehead atoms. The summed E-state index contributed by atoms with van der Waals surface area (Å²) in [5.74, 6) is 1.26. The van der Waals surface area contributed by atoms with E-state index in [2.05, 4.69) is 55.4 Å². The van der Waals surface area contributed by atoms with Gasteiger partial charge in [-0.3, -0.25) is 10.1 Å². The molecule has 0 aliphatic heterocycles. The standard InChI is InChI=1S/C14H17BrN6O2/c1-9(2)5-6-16-13-12(21(22)23)14(19-8-18-13)20-11-4-3-10(15)7-17-11/h3-4,7-9H,5-6H2,1-2H3,(H2,16,17,18,19,20). The van der Waals surface area contributed by atoms with Gasteiger partial charge in [-0.2, -0.15) is 0 Å². The maximum atomic E-state index is 11.4. The number of anilines is 3. The number of aromatic nitrogens is 3. The molecule has 0 amide bonds. The molecule has 2 aromatic rings. The molecule has 0 saturated heterocycles. The smallest absolute Gasteiger partial charge is 0.353 e. The Morgan fingerprint density at radius 1 is 1.26 bits per heavy atom. The fourth-order valence-electron chi connectivity index (χ4n) is 1.82. The third-order valence-electron chi connectivity index (χ3n) is 2.99. The number of halogens is 1. The molecule has 0 aliphatic carbocycles. The van der Waals surface area contributed by atoms with Crippen LogP contribution in [0.25, 0.3) is 0 Å². The molecule has 8 nitrogen and oxygen atoms in total. The first kappa shape index (κ1) is 17.1. The first-order chi connectivity index (χ1) is 11.0. The Bertz CT molecular complexity index is 677. The molecule has 122 valence electrons. The summed E-state index contributed by atoms with van der Waals surface area (Å²) < 4.78 is 0.816. The van der Waals surface area contributed by atoms with Gasteiger partial charge in [-0.05, 0) is 40.4 Å². The van der Waals surface area contributed by atoms with Crippen LogP contribution in [0.1, 0.15) is 20.3 Å². The molecule has 0 fully saturated rings. The Morgan fingerprint density at radius 2 is 2.00 bits per heavy atom. The van der Waals surface area contributed by atoms with Crippen LogP contribution < -0.4 is 10.6 Å². The van der Waals surface area contributed by atoms with Crippen molar-refractivity contribution in [3.05, 3.63) is 39.2 Å². The van der Waals surface area contributed by atoms with E-state index in [4.69, 9.17) is 0 Å². The van der Waals surface area contributed by atoms with Gasteiger partial charge in [0.1, 0.15) is 12.1 Å². The number of hydrogen-bond donors (Lipinski definition) is 2. The lowest BCUT2D eigenvalue weighted by Crippen LogP contribution is -2.10. The fraction of sp³-hybridized carbons (Fsp3) is 0.357. The van der Waals surface area contributed by atoms with Crippen molar-refractivity contribution in [2.24, 2.45) is 5.92 Å². The van der Waals surface area contributed by atoms with Crippen LogP contribution in [0.2, 0.25) is 0 Å². The van der Waals surface area contributed by atoms with Crippen LogP contribution in [0.5, 0.6) is 0 Å². The summed E-state index contributed by atoms with van der Waals surface area (Å²) in [6, 6.07) is 3.48. The van der Waals surface area contributed by atoms with Crippen LogP contribution in [0.4, 0.5) is 23.1 Å². The Kier molecular flexibility index (Phi) is 5.80. The van der Waals surface area contributed by atoms with Gasteiger partial charge in [-0.15, -0.1) is 0 Å². The van der Waals surface area contributed by atoms with Crippen LogP contribution in [-0.4, -0.2) is 26.4 Å². The van der Waals surface area contributed by atoms with Crippen molar-refractivity contribution in [1.82, 2.24) is 15.0 Å². The van der Waals surface area contributed by atoms with Gasteiger partial charge in [-0.25, -0.2) is 15.0 Å². The highest BCUT2D eigenvalue weighted by Gasteiger charge is 2.23. The molecular formula is C14H17BrN6O2. The summed E-state index contributed by atoms with van der Waals surface area (Å²) in [6.45, 7) is 4.77. The third kappa shape index (κ3) is 4.85. The van der Waals surface area contributed by atoms with Gasteiger partial charge < -0.3 is 10.6 Å². The van der Waals surface area contributed by atoms with E-state index in [1.165, 1.54) is 6.33 Å². The van der Waals surface area contributed by atoms with Gasteiger partial charge in [0.15, 0.2) is 0 Å². The minimum atomic E-state index is -0.501. The topological polar surface area (TPSA) is 106 Å². The monoisotopic (exact) mass is 380 g/mol. The van der Waals surface area contributed by atoms with Crippen molar-refractivity contribution in [2.75, 3.05) is 17.2 Å². The molecule has 0 atom stereocenters. The summed E-state index contributed by atoms with van der Waals surface area (Å²) in [6.07, 6.45) is 3.77. The minimum absolute atomic E-state index is 0.104. The molecule has 2 N–H and O–H groups in total. The van der Waals surface area contributed by atoms with Gasteiger partial charge >= 0.3 is 5.69 Å². The second-order valence-electron chi connectivity index (χ2n) is 5.27. The average molecular weight is 381 g/mol. The molecule has 0 radical (unpaired) electrons. The molecular weight excluding hydrogens is 364 g/mol.